The molecule has 0 radical (unpaired) electrons. The molecule has 5 heteroatoms. The van der Waals surface area contributed by atoms with Crippen LogP contribution in [0.2, 0.25) is 0 Å². The zero-order valence-electron chi connectivity index (χ0n) is 13.5. The SMILES string of the molecule is CCN1CC=C(C)c2cc3ccc(=O)n4c3c(c21)OC[C@@H]4CN. The number of rotatable bonds is 2. The van der Waals surface area contributed by atoms with Gasteiger partial charge in [0.25, 0.3) is 5.56 Å². The molecule has 3 heterocycles. The fraction of sp³-hybridized carbons (Fsp3) is 0.389. The number of pyridine rings is 1. The first kappa shape index (κ1) is 14.3. The molecule has 0 aliphatic carbocycles. The van der Waals surface area contributed by atoms with Crippen molar-refractivity contribution < 1.29 is 4.74 Å². The van der Waals surface area contributed by atoms with E-state index in [0.29, 0.717) is 13.2 Å². The van der Waals surface area contributed by atoms with Gasteiger partial charge in [-0.2, -0.15) is 0 Å². The molecule has 2 aliphatic heterocycles. The van der Waals surface area contributed by atoms with Gasteiger partial charge in [-0.25, -0.2) is 0 Å². The summed E-state index contributed by atoms with van der Waals surface area (Å²) in [6, 6.07) is 5.58. The molecule has 2 aromatic rings. The largest absolute Gasteiger partial charge is 0.487 e. The normalized spacial score (nSPS) is 19.3. The Hall–Kier alpha value is -2.27. The number of anilines is 1. The van der Waals surface area contributed by atoms with Crippen molar-refractivity contribution in [3.8, 4) is 5.75 Å². The molecule has 2 N–H and O–H groups in total. The lowest BCUT2D eigenvalue weighted by atomic mass is 9.96. The highest BCUT2D eigenvalue weighted by Crippen LogP contribution is 2.45. The third-order valence-corrected chi connectivity index (χ3v) is 4.94. The van der Waals surface area contributed by atoms with E-state index in [2.05, 4.69) is 30.9 Å². The van der Waals surface area contributed by atoms with Crippen molar-refractivity contribution in [3.63, 3.8) is 0 Å². The first-order valence-corrected chi connectivity index (χ1v) is 8.13. The van der Waals surface area contributed by atoms with E-state index in [9.17, 15) is 4.79 Å². The summed E-state index contributed by atoms with van der Waals surface area (Å²) in [7, 11) is 0. The third-order valence-electron chi connectivity index (χ3n) is 4.94. The van der Waals surface area contributed by atoms with E-state index in [1.807, 2.05) is 10.6 Å². The van der Waals surface area contributed by atoms with Crippen molar-refractivity contribution in [3.05, 3.63) is 40.2 Å². The van der Waals surface area contributed by atoms with Gasteiger partial charge >= 0.3 is 0 Å². The van der Waals surface area contributed by atoms with Crippen LogP contribution in [0.25, 0.3) is 16.5 Å². The van der Waals surface area contributed by atoms with Crippen LogP contribution < -0.4 is 20.9 Å². The molecule has 4 rings (SSSR count). The molecule has 0 fully saturated rings. The number of hydrogen-bond donors (Lipinski definition) is 1. The Morgan fingerprint density at radius 2 is 2.22 bits per heavy atom. The van der Waals surface area contributed by atoms with Crippen LogP contribution in [0.5, 0.6) is 5.75 Å². The fourth-order valence-electron chi connectivity index (χ4n) is 3.66. The molecular weight excluding hydrogens is 290 g/mol. The Morgan fingerprint density at radius 1 is 1.39 bits per heavy atom. The number of allylic oxidation sites excluding steroid dienone is 1. The molecule has 0 saturated carbocycles. The molecule has 1 aromatic heterocycles. The minimum Gasteiger partial charge on any atom is -0.487 e. The maximum Gasteiger partial charge on any atom is 0.251 e. The maximum absolute atomic E-state index is 12.4. The van der Waals surface area contributed by atoms with Gasteiger partial charge in [0.05, 0.1) is 17.2 Å². The van der Waals surface area contributed by atoms with Gasteiger partial charge in [-0.3, -0.25) is 9.36 Å². The highest BCUT2D eigenvalue weighted by Gasteiger charge is 2.29. The molecule has 0 amide bonds. The molecule has 0 spiro atoms. The van der Waals surface area contributed by atoms with Crippen molar-refractivity contribution in [1.29, 1.82) is 0 Å². The quantitative estimate of drug-likeness (QED) is 0.923. The average Bonchev–Trinajstić information content (AvgIpc) is 2.58. The molecule has 1 aromatic carbocycles. The summed E-state index contributed by atoms with van der Waals surface area (Å²) in [6.07, 6.45) is 2.24. The molecule has 5 nitrogen and oxygen atoms in total. The summed E-state index contributed by atoms with van der Waals surface area (Å²) in [4.78, 5) is 14.7. The smallest absolute Gasteiger partial charge is 0.251 e. The summed E-state index contributed by atoms with van der Waals surface area (Å²) < 4.78 is 7.94. The molecule has 0 bridgehead atoms. The van der Waals surface area contributed by atoms with Crippen LogP contribution in [-0.2, 0) is 0 Å². The van der Waals surface area contributed by atoms with Crippen LogP contribution in [0.15, 0.2) is 29.1 Å². The number of hydrogen-bond acceptors (Lipinski definition) is 4. The second-order valence-electron chi connectivity index (χ2n) is 6.21. The van der Waals surface area contributed by atoms with Crippen LogP contribution >= 0.6 is 0 Å². The Labute approximate surface area is 135 Å². The van der Waals surface area contributed by atoms with Gasteiger partial charge in [-0.15, -0.1) is 0 Å². The van der Waals surface area contributed by atoms with Crippen molar-refractivity contribution >= 4 is 22.2 Å². The van der Waals surface area contributed by atoms with Gasteiger partial charge in [0.1, 0.15) is 6.61 Å². The van der Waals surface area contributed by atoms with E-state index in [4.69, 9.17) is 10.5 Å². The summed E-state index contributed by atoms with van der Waals surface area (Å²) in [5.41, 5.74) is 10.3. The second-order valence-corrected chi connectivity index (χ2v) is 6.21. The van der Waals surface area contributed by atoms with Crippen molar-refractivity contribution in [1.82, 2.24) is 4.57 Å². The fourth-order valence-corrected chi connectivity index (χ4v) is 3.66. The average molecular weight is 311 g/mol. The van der Waals surface area contributed by atoms with Gasteiger partial charge in [0.2, 0.25) is 0 Å². The first-order valence-electron chi connectivity index (χ1n) is 8.13. The lowest BCUT2D eigenvalue weighted by Crippen LogP contribution is -2.37. The summed E-state index contributed by atoms with van der Waals surface area (Å²) in [6.45, 7) is 6.88. The highest BCUT2D eigenvalue weighted by molar-refractivity contribution is 5.98. The van der Waals surface area contributed by atoms with E-state index in [1.54, 1.807) is 6.07 Å². The number of ether oxygens (including phenoxy) is 1. The topological polar surface area (TPSA) is 60.5 Å². The zero-order valence-corrected chi connectivity index (χ0v) is 13.5. The predicted octanol–water partition coefficient (Wildman–Crippen LogP) is 2.14. The highest BCUT2D eigenvalue weighted by atomic mass is 16.5. The number of benzene rings is 1. The molecule has 2 aliphatic rings. The summed E-state index contributed by atoms with van der Waals surface area (Å²) in [5, 5.41) is 1.03. The molecule has 1 atom stereocenters. The molecular formula is C18H21N3O2. The van der Waals surface area contributed by atoms with Crippen molar-refractivity contribution in [2.45, 2.75) is 19.9 Å². The second kappa shape index (κ2) is 5.13. The van der Waals surface area contributed by atoms with Gasteiger partial charge in [-0.05, 0) is 31.6 Å². The number of nitrogens with two attached hydrogens (primary N) is 1. The summed E-state index contributed by atoms with van der Waals surface area (Å²) >= 11 is 0. The lowest BCUT2D eigenvalue weighted by Gasteiger charge is -2.35. The van der Waals surface area contributed by atoms with Crippen molar-refractivity contribution in [2.75, 3.05) is 31.1 Å². The minimum absolute atomic E-state index is 0.0106. The number of likely N-dealkylation sites (N-methyl/N-ethyl adjacent to an activating group) is 1. The molecule has 23 heavy (non-hydrogen) atoms. The molecule has 0 unspecified atom stereocenters. The van der Waals surface area contributed by atoms with E-state index >= 15 is 0 Å². The summed E-state index contributed by atoms with van der Waals surface area (Å²) in [5.74, 6) is 0.828. The number of nitrogens with zero attached hydrogens (tertiary/aromatic N) is 2. The van der Waals surface area contributed by atoms with Gasteiger partial charge < -0.3 is 15.4 Å². The Bertz CT molecular complexity index is 882. The molecule has 0 saturated heterocycles. The zero-order chi connectivity index (χ0) is 16.1. The van der Waals surface area contributed by atoms with Crippen LogP contribution in [-0.4, -0.2) is 30.8 Å². The molecule has 120 valence electrons. The minimum atomic E-state index is -0.105. The lowest BCUT2D eigenvalue weighted by molar-refractivity contribution is 0.238. The van der Waals surface area contributed by atoms with Gasteiger partial charge in [0.15, 0.2) is 5.75 Å². The Kier molecular flexibility index (Phi) is 3.20. The Balaban J connectivity index is 2.14. The van der Waals surface area contributed by atoms with E-state index in [0.717, 1.165) is 35.4 Å². The van der Waals surface area contributed by atoms with Crippen molar-refractivity contribution in [2.24, 2.45) is 5.73 Å². The maximum atomic E-state index is 12.4. The Morgan fingerprint density at radius 3 is 2.96 bits per heavy atom. The first-order chi connectivity index (χ1) is 11.2. The third kappa shape index (κ3) is 1.93. The number of aromatic nitrogens is 1. The van der Waals surface area contributed by atoms with Crippen LogP contribution in [0, 0.1) is 0 Å². The predicted molar refractivity (Wildman–Crippen MR) is 93.3 cm³/mol. The van der Waals surface area contributed by atoms with Gasteiger partial charge in [-0.1, -0.05) is 6.08 Å². The van der Waals surface area contributed by atoms with E-state index in [1.165, 1.54) is 11.1 Å². The van der Waals surface area contributed by atoms with E-state index < -0.39 is 0 Å². The van der Waals surface area contributed by atoms with Crippen LogP contribution in [0.3, 0.4) is 0 Å². The monoisotopic (exact) mass is 311 g/mol. The van der Waals surface area contributed by atoms with Gasteiger partial charge in [0, 0.05) is 36.7 Å². The van der Waals surface area contributed by atoms with Crippen LogP contribution in [0.1, 0.15) is 25.5 Å². The van der Waals surface area contributed by atoms with E-state index in [-0.39, 0.29) is 11.6 Å². The number of fused-ring (bicyclic) bond motifs is 2. The van der Waals surface area contributed by atoms with Crippen LogP contribution in [0.4, 0.5) is 5.69 Å². The standard InChI is InChI=1S/C18H21N3O2/c1-3-20-7-6-11(2)14-8-12-4-5-15(22)21-13(9-19)10-23-18(16(12)21)17(14)20/h4-6,8,13H,3,7,9-10,19H2,1-2H3/t13-/m0/s1.